The van der Waals surface area contributed by atoms with E-state index in [9.17, 15) is 13.2 Å². The van der Waals surface area contributed by atoms with Crippen molar-refractivity contribution in [3.05, 3.63) is 53.6 Å². The smallest absolute Gasteiger partial charge is 0.251 e. The standard InChI is InChI=1S/C19H24N2O5S/c1-13(2)21-27(23,24)18-7-5-15(6-8-18)19(22)20-12-14-9-16(25-3)11-17(10-14)26-4/h5-11,13,21H,12H2,1-4H3,(H,20,22). The molecule has 2 aromatic rings. The quantitative estimate of drug-likeness (QED) is 0.719. The average molecular weight is 392 g/mol. The van der Waals surface area contributed by atoms with E-state index in [0.29, 0.717) is 17.1 Å². The third-order valence-electron chi connectivity index (χ3n) is 3.68. The second-order valence-corrected chi connectivity index (χ2v) is 7.92. The second kappa shape index (κ2) is 8.88. The molecule has 0 unspecified atom stereocenters. The van der Waals surface area contributed by atoms with Gasteiger partial charge >= 0.3 is 0 Å². The van der Waals surface area contributed by atoms with Gasteiger partial charge in [-0.1, -0.05) is 0 Å². The minimum Gasteiger partial charge on any atom is -0.497 e. The molecule has 0 heterocycles. The van der Waals surface area contributed by atoms with Crippen molar-refractivity contribution in [2.75, 3.05) is 14.2 Å². The molecule has 1 amide bonds. The molecule has 0 aliphatic carbocycles. The molecule has 0 spiro atoms. The van der Waals surface area contributed by atoms with E-state index in [1.165, 1.54) is 24.3 Å². The number of ether oxygens (including phenoxy) is 2. The molecule has 0 saturated carbocycles. The molecule has 2 rings (SSSR count). The molecule has 2 aromatic carbocycles. The highest BCUT2D eigenvalue weighted by Gasteiger charge is 2.16. The summed E-state index contributed by atoms with van der Waals surface area (Å²) in [5.41, 5.74) is 1.19. The Hall–Kier alpha value is -2.58. The summed E-state index contributed by atoms with van der Waals surface area (Å²) in [7, 11) is -0.469. The third kappa shape index (κ3) is 5.70. The van der Waals surface area contributed by atoms with Gasteiger partial charge in [0.25, 0.3) is 5.91 Å². The number of hydrogen-bond acceptors (Lipinski definition) is 5. The first-order valence-corrected chi connectivity index (χ1v) is 9.86. The van der Waals surface area contributed by atoms with E-state index < -0.39 is 10.0 Å². The van der Waals surface area contributed by atoms with E-state index in [1.807, 2.05) is 0 Å². The van der Waals surface area contributed by atoms with Crippen LogP contribution in [0.4, 0.5) is 0 Å². The summed E-state index contributed by atoms with van der Waals surface area (Å²) >= 11 is 0. The molecule has 0 aliphatic rings. The Morgan fingerprint density at radius 1 is 1.00 bits per heavy atom. The van der Waals surface area contributed by atoms with Gasteiger partial charge in [0.05, 0.1) is 19.1 Å². The lowest BCUT2D eigenvalue weighted by molar-refractivity contribution is 0.0950. The molecule has 0 radical (unpaired) electrons. The van der Waals surface area contributed by atoms with Crippen LogP contribution < -0.4 is 19.5 Å². The number of sulfonamides is 1. The monoisotopic (exact) mass is 392 g/mol. The highest BCUT2D eigenvalue weighted by molar-refractivity contribution is 7.89. The predicted octanol–water partition coefficient (Wildman–Crippen LogP) is 2.32. The Labute approximate surface area is 159 Å². The SMILES string of the molecule is COc1cc(CNC(=O)c2ccc(S(=O)(=O)NC(C)C)cc2)cc(OC)c1. The van der Waals surface area contributed by atoms with Crippen LogP contribution in [0.25, 0.3) is 0 Å². The molecule has 2 N–H and O–H groups in total. The predicted molar refractivity (Wildman–Crippen MR) is 103 cm³/mol. The fourth-order valence-corrected chi connectivity index (χ4v) is 3.67. The van der Waals surface area contributed by atoms with Crippen molar-refractivity contribution >= 4 is 15.9 Å². The maximum Gasteiger partial charge on any atom is 0.251 e. The van der Waals surface area contributed by atoms with Crippen molar-refractivity contribution in [1.82, 2.24) is 10.0 Å². The van der Waals surface area contributed by atoms with Crippen LogP contribution in [0.1, 0.15) is 29.8 Å². The molecule has 0 saturated heterocycles. The molecular formula is C19H24N2O5S. The number of nitrogens with one attached hydrogen (secondary N) is 2. The summed E-state index contributed by atoms with van der Waals surface area (Å²) in [6.45, 7) is 3.77. The fraction of sp³-hybridized carbons (Fsp3) is 0.316. The molecular weight excluding hydrogens is 368 g/mol. The third-order valence-corrected chi connectivity index (χ3v) is 5.36. The summed E-state index contributed by atoms with van der Waals surface area (Å²) in [6, 6.07) is 10.9. The Bertz CT molecular complexity index is 871. The first kappa shape index (κ1) is 20.7. The Morgan fingerprint density at radius 2 is 1.56 bits per heavy atom. The summed E-state index contributed by atoms with van der Waals surface area (Å²) in [4.78, 5) is 12.4. The van der Waals surface area contributed by atoms with Crippen molar-refractivity contribution < 1.29 is 22.7 Å². The van der Waals surface area contributed by atoms with Crippen LogP contribution in [0.2, 0.25) is 0 Å². The van der Waals surface area contributed by atoms with Gasteiger partial charge in [-0.15, -0.1) is 0 Å². The number of methoxy groups -OCH3 is 2. The largest absolute Gasteiger partial charge is 0.497 e. The zero-order chi connectivity index (χ0) is 20.0. The van der Waals surface area contributed by atoms with Crippen LogP contribution >= 0.6 is 0 Å². The molecule has 0 bridgehead atoms. The Morgan fingerprint density at radius 3 is 2.04 bits per heavy atom. The molecule has 0 aromatic heterocycles. The highest BCUT2D eigenvalue weighted by atomic mass is 32.2. The van der Waals surface area contributed by atoms with E-state index in [2.05, 4.69) is 10.0 Å². The number of carbonyl (C=O) groups excluding carboxylic acids is 1. The lowest BCUT2D eigenvalue weighted by Gasteiger charge is -2.11. The van der Waals surface area contributed by atoms with Crippen molar-refractivity contribution in [3.63, 3.8) is 0 Å². The summed E-state index contributed by atoms with van der Waals surface area (Å²) in [6.07, 6.45) is 0. The van der Waals surface area contributed by atoms with E-state index in [1.54, 1.807) is 46.3 Å². The fourth-order valence-electron chi connectivity index (χ4n) is 2.42. The van der Waals surface area contributed by atoms with E-state index in [-0.39, 0.29) is 23.4 Å². The normalized spacial score (nSPS) is 11.3. The lowest BCUT2D eigenvalue weighted by Crippen LogP contribution is -2.30. The topological polar surface area (TPSA) is 93.7 Å². The number of carbonyl (C=O) groups is 1. The number of benzene rings is 2. The van der Waals surface area contributed by atoms with E-state index >= 15 is 0 Å². The molecule has 27 heavy (non-hydrogen) atoms. The van der Waals surface area contributed by atoms with Gasteiger partial charge in [-0.25, -0.2) is 13.1 Å². The molecule has 0 aliphatic heterocycles. The van der Waals surface area contributed by atoms with Crippen LogP contribution in [-0.4, -0.2) is 34.6 Å². The van der Waals surface area contributed by atoms with Crippen molar-refractivity contribution in [3.8, 4) is 11.5 Å². The first-order chi connectivity index (χ1) is 12.7. The average Bonchev–Trinajstić information content (AvgIpc) is 2.64. The van der Waals surface area contributed by atoms with Gasteiger partial charge in [-0.3, -0.25) is 4.79 Å². The van der Waals surface area contributed by atoms with Crippen LogP contribution in [-0.2, 0) is 16.6 Å². The highest BCUT2D eigenvalue weighted by Crippen LogP contribution is 2.22. The Kier molecular flexibility index (Phi) is 6.81. The van der Waals surface area contributed by atoms with Crippen LogP contribution in [0.15, 0.2) is 47.4 Å². The number of hydrogen-bond donors (Lipinski definition) is 2. The van der Waals surface area contributed by atoms with Gasteiger partial charge < -0.3 is 14.8 Å². The van der Waals surface area contributed by atoms with Gasteiger partial charge in [0, 0.05) is 24.2 Å². The molecule has 0 fully saturated rings. The second-order valence-electron chi connectivity index (χ2n) is 6.20. The van der Waals surface area contributed by atoms with Gasteiger partial charge in [-0.2, -0.15) is 0 Å². The van der Waals surface area contributed by atoms with Crippen molar-refractivity contribution in [1.29, 1.82) is 0 Å². The lowest BCUT2D eigenvalue weighted by atomic mass is 10.1. The zero-order valence-corrected chi connectivity index (χ0v) is 16.6. The maximum absolute atomic E-state index is 12.3. The minimum atomic E-state index is -3.58. The molecule has 8 heteroatoms. The van der Waals surface area contributed by atoms with E-state index in [0.717, 1.165) is 5.56 Å². The van der Waals surface area contributed by atoms with Crippen LogP contribution in [0.5, 0.6) is 11.5 Å². The molecule has 7 nitrogen and oxygen atoms in total. The molecule has 146 valence electrons. The Balaban J connectivity index is 2.07. The maximum atomic E-state index is 12.3. The number of amides is 1. The van der Waals surface area contributed by atoms with Gasteiger partial charge in [0.15, 0.2) is 0 Å². The summed E-state index contributed by atoms with van der Waals surface area (Å²) < 4.78 is 37.2. The van der Waals surface area contributed by atoms with Crippen molar-refractivity contribution in [2.24, 2.45) is 0 Å². The summed E-state index contributed by atoms with van der Waals surface area (Å²) in [5.74, 6) is 0.953. The van der Waals surface area contributed by atoms with Gasteiger partial charge in [0.2, 0.25) is 10.0 Å². The zero-order valence-electron chi connectivity index (χ0n) is 15.8. The van der Waals surface area contributed by atoms with E-state index in [4.69, 9.17) is 9.47 Å². The minimum absolute atomic E-state index is 0.116. The summed E-state index contributed by atoms with van der Waals surface area (Å²) in [5, 5.41) is 2.79. The first-order valence-electron chi connectivity index (χ1n) is 8.37. The van der Waals surface area contributed by atoms with Crippen LogP contribution in [0, 0.1) is 0 Å². The molecule has 0 atom stereocenters. The van der Waals surface area contributed by atoms with Crippen molar-refractivity contribution in [2.45, 2.75) is 31.3 Å². The van der Waals surface area contributed by atoms with Gasteiger partial charge in [0.1, 0.15) is 11.5 Å². The van der Waals surface area contributed by atoms with Crippen LogP contribution in [0.3, 0.4) is 0 Å². The number of rotatable bonds is 8. The van der Waals surface area contributed by atoms with Gasteiger partial charge in [-0.05, 0) is 55.8 Å².